The van der Waals surface area contributed by atoms with Gasteiger partial charge in [-0.25, -0.2) is 4.98 Å². The Bertz CT molecular complexity index is 465. The molecular weight excluding hydrogens is 306 g/mol. The Morgan fingerprint density at radius 1 is 1.26 bits per heavy atom. The molecule has 0 aromatic carbocycles. The Morgan fingerprint density at radius 2 is 1.96 bits per heavy atom. The highest BCUT2D eigenvalue weighted by molar-refractivity contribution is 7.11. The average molecular weight is 340 g/mol. The first-order valence-electron chi connectivity index (χ1n) is 8.60. The number of aromatic nitrogens is 1. The van der Waals surface area contributed by atoms with Crippen LogP contribution in [0.15, 0.2) is 11.2 Å². The van der Waals surface area contributed by atoms with E-state index in [0.29, 0.717) is 12.0 Å². The summed E-state index contributed by atoms with van der Waals surface area (Å²) >= 11 is 1.76. The van der Waals surface area contributed by atoms with E-state index < -0.39 is 0 Å². The highest BCUT2D eigenvalue weighted by atomic mass is 32.1. The molecule has 0 fully saturated rings. The molecule has 0 aliphatic heterocycles. The zero-order valence-corrected chi connectivity index (χ0v) is 16.3. The molecule has 0 amide bonds. The van der Waals surface area contributed by atoms with Crippen molar-refractivity contribution in [1.82, 2.24) is 20.5 Å². The molecule has 2 N–H and O–H groups in total. The van der Waals surface area contributed by atoms with Gasteiger partial charge in [0.1, 0.15) is 5.01 Å². The zero-order valence-electron chi connectivity index (χ0n) is 15.5. The number of likely N-dealkylation sites (N-methyl/N-ethyl adjacent to an activating group) is 1. The molecule has 1 rings (SSSR count). The van der Waals surface area contributed by atoms with Crippen LogP contribution in [0.1, 0.15) is 43.5 Å². The lowest BCUT2D eigenvalue weighted by atomic mass is 9.93. The van der Waals surface area contributed by atoms with Crippen LogP contribution in [0.5, 0.6) is 0 Å². The second-order valence-electron chi connectivity index (χ2n) is 5.99. The molecule has 6 heteroatoms. The number of aryl methyl sites for hydroxylation is 1. The van der Waals surface area contributed by atoms with E-state index in [9.17, 15) is 0 Å². The molecule has 23 heavy (non-hydrogen) atoms. The quantitative estimate of drug-likeness (QED) is 0.536. The summed E-state index contributed by atoms with van der Waals surface area (Å²) in [6.45, 7) is 8.32. The van der Waals surface area contributed by atoms with Crippen molar-refractivity contribution >= 4 is 17.3 Å². The summed E-state index contributed by atoms with van der Waals surface area (Å²) in [5, 5.41) is 7.93. The lowest BCUT2D eigenvalue weighted by Gasteiger charge is -2.32. The summed E-state index contributed by atoms with van der Waals surface area (Å²) in [5.74, 6) is 1.54. The molecule has 0 spiro atoms. The number of nitrogens with zero attached hydrogens (tertiary/aromatic N) is 3. The Morgan fingerprint density at radius 3 is 2.43 bits per heavy atom. The molecule has 5 nitrogen and oxygen atoms in total. The summed E-state index contributed by atoms with van der Waals surface area (Å²) in [6.07, 6.45) is 5.41. The Hall–Kier alpha value is -1.14. The fourth-order valence-corrected chi connectivity index (χ4v) is 3.58. The fourth-order valence-electron chi connectivity index (χ4n) is 2.78. The molecule has 1 atom stereocenters. The van der Waals surface area contributed by atoms with Crippen molar-refractivity contribution in [2.24, 2.45) is 10.9 Å². The molecule has 0 saturated carbocycles. The molecule has 132 valence electrons. The van der Waals surface area contributed by atoms with E-state index in [4.69, 9.17) is 0 Å². The van der Waals surface area contributed by atoms with Gasteiger partial charge in [0.25, 0.3) is 0 Å². The van der Waals surface area contributed by atoms with Gasteiger partial charge in [-0.3, -0.25) is 4.99 Å². The van der Waals surface area contributed by atoms with E-state index in [0.717, 1.165) is 30.5 Å². The van der Waals surface area contributed by atoms with Crippen molar-refractivity contribution in [2.75, 3.05) is 27.7 Å². The molecular formula is C17H33N5S. The van der Waals surface area contributed by atoms with Crippen molar-refractivity contribution in [1.29, 1.82) is 0 Å². The zero-order chi connectivity index (χ0) is 17.2. The highest BCUT2D eigenvalue weighted by Crippen LogP contribution is 2.16. The van der Waals surface area contributed by atoms with Crippen molar-refractivity contribution in [3.63, 3.8) is 0 Å². The number of rotatable bonds is 9. The second-order valence-corrected chi connectivity index (χ2v) is 7.19. The van der Waals surface area contributed by atoms with Gasteiger partial charge in [-0.15, -0.1) is 11.3 Å². The summed E-state index contributed by atoms with van der Waals surface area (Å²) in [5.41, 5.74) is 0. The predicted octanol–water partition coefficient (Wildman–Crippen LogP) is 2.74. The van der Waals surface area contributed by atoms with Crippen molar-refractivity contribution < 1.29 is 0 Å². The molecule has 0 aliphatic rings. The molecule has 1 heterocycles. The van der Waals surface area contributed by atoms with E-state index in [1.54, 1.807) is 11.3 Å². The smallest absolute Gasteiger partial charge is 0.191 e. The third-order valence-electron chi connectivity index (χ3n) is 4.32. The molecule has 1 unspecified atom stereocenters. The highest BCUT2D eigenvalue weighted by Gasteiger charge is 2.20. The van der Waals surface area contributed by atoms with E-state index in [1.165, 1.54) is 17.7 Å². The second kappa shape index (κ2) is 10.6. The lowest BCUT2D eigenvalue weighted by Crippen LogP contribution is -2.47. The third-order valence-corrected chi connectivity index (χ3v) is 5.46. The molecule has 1 aromatic heterocycles. The number of hydrogen-bond acceptors (Lipinski definition) is 4. The molecule has 0 aliphatic carbocycles. The fraction of sp³-hybridized carbons (Fsp3) is 0.765. The first-order valence-corrected chi connectivity index (χ1v) is 9.41. The molecule has 1 aromatic rings. The minimum Gasteiger partial charge on any atom is -0.355 e. The van der Waals surface area contributed by atoms with Crippen LogP contribution >= 0.6 is 11.3 Å². The Kier molecular flexibility index (Phi) is 9.17. The number of thiazole rings is 1. The van der Waals surface area contributed by atoms with Crippen LogP contribution in [0.3, 0.4) is 0 Å². The number of aliphatic imine (C=N–C) groups is 1. The summed E-state index contributed by atoms with van der Waals surface area (Å²) < 4.78 is 0. The van der Waals surface area contributed by atoms with Gasteiger partial charge in [-0.1, -0.05) is 33.6 Å². The van der Waals surface area contributed by atoms with Crippen LogP contribution in [0.25, 0.3) is 0 Å². The SMILES string of the molecule is CCc1cnc(CNC(=NC)NCC(C(CC)CC)N(C)C)s1. The first-order chi connectivity index (χ1) is 11.0. The monoisotopic (exact) mass is 339 g/mol. The lowest BCUT2D eigenvalue weighted by molar-refractivity contribution is 0.200. The van der Waals surface area contributed by atoms with Crippen LogP contribution in [0, 0.1) is 5.92 Å². The maximum Gasteiger partial charge on any atom is 0.191 e. The third kappa shape index (κ3) is 6.47. The van der Waals surface area contributed by atoms with E-state index in [1.807, 2.05) is 13.2 Å². The van der Waals surface area contributed by atoms with Crippen LogP contribution in [0.4, 0.5) is 0 Å². The van der Waals surface area contributed by atoms with Gasteiger partial charge in [-0.2, -0.15) is 0 Å². The number of hydrogen-bond donors (Lipinski definition) is 2. The topological polar surface area (TPSA) is 52.6 Å². The molecule has 0 bridgehead atoms. The van der Waals surface area contributed by atoms with Gasteiger partial charge >= 0.3 is 0 Å². The Balaban J connectivity index is 2.51. The van der Waals surface area contributed by atoms with Gasteiger partial charge in [0, 0.05) is 30.7 Å². The van der Waals surface area contributed by atoms with E-state index >= 15 is 0 Å². The van der Waals surface area contributed by atoms with Gasteiger partial charge in [0.15, 0.2) is 5.96 Å². The molecule has 0 saturated heterocycles. The summed E-state index contributed by atoms with van der Waals surface area (Å²) in [6, 6.07) is 0.509. The number of nitrogens with one attached hydrogen (secondary N) is 2. The standard InChI is InChI=1S/C17H33N5S/c1-7-13(8-2)15(22(5)6)11-20-17(18-4)21-12-16-19-10-14(9-3)23-16/h10,13,15H,7-9,11-12H2,1-6H3,(H2,18,20,21). The minimum atomic E-state index is 0.509. The maximum absolute atomic E-state index is 4.44. The van der Waals surface area contributed by atoms with Crippen LogP contribution in [-0.4, -0.2) is 49.6 Å². The normalized spacial score (nSPS) is 13.7. The predicted molar refractivity (Wildman–Crippen MR) is 101 cm³/mol. The van der Waals surface area contributed by atoms with Gasteiger partial charge in [0.2, 0.25) is 0 Å². The van der Waals surface area contributed by atoms with Crippen LogP contribution in [-0.2, 0) is 13.0 Å². The van der Waals surface area contributed by atoms with Gasteiger partial charge < -0.3 is 15.5 Å². The minimum absolute atomic E-state index is 0.509. The van der Waals surface area contributed by atoms with E-state index in [2.05, 4.69) is 60.4 Å². The largest absolute Gasteiger partial charge is 0.355 e. The summed E-state index contributed by atoms with van der Waals surface area (Å²) in [4.78, 5) is 12.4. The van der Waals surface area contributed by atoms with Gasteiger partial charge in [0.05, 0.1) is 6.54 Å². The van der Waals surface area contributed by atoms with Crippen molar-refractivity contribution in [2.45, 2.75) is 52.6 Å². The average Bonchev–Trinajstić information content (AvgIpc) is 3.01. The van der Waals surface area contributed by atoms with Crippen molar-refractivity contribution in [3.8, 4) is 0 Å². The van der Waals surface area contributed by atoms with E-state index in [-0.39, 0.29) is 0 Å². The first kappa shape index (κ1) is 19.9. The Labute approximate surface area is 145 Å². The van der Waals surface area contributed by atoms with Crippen molar-refractivity contribution in [3.05, 3.63) is 16.1 Å². The van der Waals surface area contributed by atoms with Gasteiger partial charge in [-0.05, 0) is 26.4 Å². The number of guanidine groups is 1. The van der Waals surface area contributed by atoms with Crippen LogP contribution in [0.2, 0.25) is 0 Å². The summed E-state index contributed by atoms with van der Waals surface area (Å²) in [7, 11) is 6.13. The maximum atomic E-state index is 4.44. The van der Waals surface area contributed by atoms with Crippen LogP contribution < -0.4 is 10.6 Å². The molecule has 0 radical (unpaired) electrons.